The highest BCUT2D eigenvalue weighted by Gasteiger charge is 2.58. The summed E-state index contributed by atoms with van der Waals surface area (Å²) in [5.41, 5.74) is 14.1. The topological polar surface area (TPSA) is 86.2 Å². The zero-order valence-electron chi connectivity index (χ0n) is 9.84. The Bertz CT molecular complexity index is 735. The molecule has 1 fully saturated rings. The number of hydrogen-bond acceptors (Lipinski definition) is 5. The SMILES string of the molecule is Nc1ccc2c(c1)C(=O)C1=C(C2=O)C2SC2(N)C=C1. The average molecular weight is 270 g/mol. The van der Waals surface area contributed by atoms with Gasteiger partial charge in [-0.05, 0) is 18.2 Å². The molecule has 5 heteroatoms. The van der Waals surface area contributed by atoms with Crippen LogP contribution in [0.25, 0.3) is 0 Å². The van der Waals surface area contributed by atoms with E-state index in [9.17, 15) is 9.59 Å². The van der Waals surface area contributed by atoms with Crippen LogP contribution in [-0.2, 0) is 0 Å². The van der Waals surface area contributed by atoms with Crippen molar-refractivity contribution in [3.63, 3.8) is 0 Å². The molecule has 1 aromatic carbocycles. The van der Waals surface area contributed by atoms with E-state index in [0.29, 0.717) is 28.0 Å². The van der Waals surface area contributed by atoms with Gasteiger partial charge in [-0.1, -0.05) is 12.2 Å². The molecule has 2 atom stereocenters. The Morgan fingerprint density at radius 1 is 1.16 bits per heavy atom. The quantitative estimate of drug-likeness (QED) is 0.548. The number of allylic oxidation sites excluding steroid dienone is 2. The number of nitrogens with two attached hydrogens (primary N) is 2. The molecule has 1 aromatic rings. The van der Waals surface area contributed by atoms with E-state index in [0.717, 1.165) is 0 Å². The summed E-state index contributed by atoms with van der Waals surface area (Å²) < 4.78 is 0. The smallest absolute Gasteiger partial charge is 0.194 e. The molecule has 4 nitrogen and oxygen atoms in total. The lowest BCUT2D eigenvalue weighted by Crippen LogP contribution is -2.33. The molecule has 2 unspecified atom stereocenters. The second-order valence-corrected chi connectivity index (χ2v) is 6.39. The number of rotatable bonds is 0. The molecule has 0 bridgehead atoms. The van der Waals surface area contributed by atoms with Gasteiger partial charge < -0.3 is 11.5 Å². The van der Waals surface area contributed by atoms with Crippen molar-refractivity contribution in [3.05, 3.63) is 52.6 Å². The van der Waals surface area contributed by atoms with Crippen LogP contribution in [0.5, 0.6) is 0 Å². The summed E-state index contributed by atoms with van der Waals surface area (Å²) in [6.07, 6.45) is 3.49. The normalized spacial score (nSPS) is 30.9. The molecule has 2 aliphatic carbocycles. The summed E-state index contributed by atoms with van der Waals surface area (Å²) in [6, 6.07) is 4.83. The summed E-state index contributed by atoms with van der Waals surface area (Å²) in [6.45, 7) is 0. The Morgan fingerprint density at radius 3 is 2.74 bits per heavy atom. The van der Waals surface area contributed by atoms with E-state index in [4.69, 9.17) is 11.5 Å². The van der Waals surface area contributed by atoms with Gasteiger partial charge >= 0.3 is 0 Å². The van der Waals surface area contributed by atoms with Crippen LogP contribution in [-0.4, -0.2) is 21.7 Å². The highest BCUT2D eigenvalue weighted by molar-refractivity contribution is 8.09. The van der Waals surface area contributed by atoms with Gasteiger partial charge in [0.25, 0.3) is 0 Å². The number of nitrogen functional groups attached to an aromatic ring is 1. The van der Waals surface area contributed by atoms with Crippen LogP contribution in [0.3, 0.4) is 0 Å². The minimum absolute atomic E-state index is 0.0883. The number of anilines is 1. The molecular formula is C14H10N2O2S. The molecule has 1 aliphatic heterocycles. The molecular weight excluding hydrogens is 260 g/mol. The predicted molar refractivity (Wildman–Crippen MR) is 74.0 cm³/mol. The number of carbonyl (C=O) groups is 2. The van der Waals surface area contributed by atoms with Crippen LogP contribution in [0, 0.1) is 0 Å². The molecule has 0 spiro atoms. The lowest BCUT2D eigenvalue weighted by atomic mass is 9.79. The van der Waals surface area contributed by atoms with Crippen LogP contribution >= 0.6 is 11.8 Å². The van der Waals surface area contributed by atoms with E-state index in [1.54, 1.807) is 24.3 Å². The van der Waals surface area contributed by atoms with Crippen LogP contribution < -0.4 is 11.5 Å². The van der Waals surface area contributed by atoms with E-state index in [2.05, 4.69) is 0 Å². The number of carbonyl (C=O) groups excluding carboxylic acids is 2. The monoisotopic (exact) mass is 270 g/mol. The third kappa shape index (κ3) is 1.29. The second-order valence-electron chi connectivity index (χ2n) is 4.98. The lowest BCUT2D eigenvalue weighted by molar-refractivity contribution is 0.0975. The third-order valence-corrected chi connectivity index (χ3v) is 5.15. The first-order chi connectivity index (χ1) is 9.01. The van der Waals surface area contributed by atoms with Crippen molar-refractivity contribution in [2.45, 2.75) is 10.1 Å². The predicted octanol–water partition coefficient (Wildman–Crippen LogP) is 1.28. The molecule has 1 saturated heterocycles. The maximum absolute atomic E-state index is 12.5. The summed E-state index contributed by atoms with van der Waals surface area (Å²) in [7, 11) is 0. The van der Waals surface area contributed by atoms with Gasteiger partial charge in [0.15, 0.2) is 11.6 Å². The Labute approximate surface area is 113 Å². The van der Waals surface area contributed by atoms with Gasteiger partial charge in [-0.15, -0.1) is 11.8 Å². The van der Waals surface area contributed by atoms with E-state index in [1.807, 2.05) is 6.08 Å². The van der Waals surface area contributed by atoms with Crippen molar-refractivity contribution in [1.29, 1.82) is 0 Å². The van der Waals surface area contributed by atoms with Crippen molar-refractivity contribution in [3.8, 4) is 0 Å². The van der Waals surface area contributed by atoms with Crippen molar-refractivity contribution >= 4 is 29.0 Å². The Kier molecular flexibility index (Phi) is 1.84. The molecule has 19 heavy (non-hydrogen) atoms. The summed E-state index contributed by atoms with van der Waals surface area (Å²) in [5.74, 6) is -0.235. The molecule has 3 aliphatic rings. The number of hydrogen-bond donors (Lipinski definition) is 2. The first kappa shape index (κ1) is 11.0. The maximum atomic E-state index is 12.5. The molecule has 94 valence electrons. The molecule has 0 saturated carbocycles. The van der Waals surface area contributed by atoms with Gasteiger partial charge in [0.1, 0.15) is 0 Å². The highest BCUT2D eigenvalue weighted by atomic mass is 32.2. The Balaban J connectivity index is 1.96. The fraction of sp³-hybridized carbons (Fsp3) is 0.143. The standard InChI is InChI=1S/C14H10N2O2S/c15-6-1-2-7-9(5-6)11(17)8-3-4-14(16)13(19-14)10(8)12(7)18/h1-5,13H,15-16H2. The van der Waals surface area contributed by atoms with Crippen molar-refractivity contribution in [2.75, 3.05) is 5.73 Å². The molecule has 0 amide bonds. The maximum Gasteiger partial charge on any atom is 0.194 e. The van der Waals surface area contributed by atoms with Crippen LogP contribution in [0.2, 0.25) is 0 Å². The number of Topliss-reactive ketones (excluding diaryl/α,β-unsaturated/α-hetero) is 2. The van der Waals surface area contributed by atoms with Gasteiger partial charge in [0, 0.05) is 28.0 Å². The molecule has 4 rings (SSSR count). The van der Waals surface area contributed by atoms with Gasteiger partial charge in [0.2, 0.25) is 0 Å². The second kappa shape index (κ2) is 3.18. The van der Waals surface area contributed by atoms with Gasteiger partial charge in [-0.2, -0.15) is 0 Å². The zero-order chi connectivity index (χ0) is 13.4. The Morgan fingerprint density at radius 2 is 1.95 bits per heavy atom. The highest BCUT2D eigenvalue weighted by Crippen LogP contribution is 2.58. The average Bonchev–Trinajstić information content (AvgIpc) is 3.06. The van der Waals surface area contributed by atoms with Crippen molar-refractivity contribution < 1.29 is 9.59 Å². The summed E-state index contributed by atoms with van der Waals surface area (Å²) in [5, 5.41) is -0.0883. The van der Waals surface area contributed by atoms with E-state index in [-0.39, 0.29) is 16.8 Å². The Hall–Kier alpha value is -1.85. The van der Waals surface area contributed by atoms with Crippen molar-refractivity contribution in [2.24, 2.45) is 5.73 Å². The molecule has 0 aromatic heterocycles. The molecule has 1 heterocycles. The van der Waals surface area contributed by atoms with E-state index < -0.39 is 4.87 Å². The van der Waals surface area contributed by atoms with E-state index >= 15 is 0 Å². The largest absolute Gasteiger partial charge is 0.399 e. The number of fused-ring (bicyclic) bond motifs is 3. The summed E-state index contributed by atoms with van der Waals surface area (Å²) >= 11 is 1.51. The first-order valence-electron chi connectivity index (χ1n) is 5.90. The number of thioether (sulfide) groups is 1. The zero-order valence-corrected chi connectivity index (χ0v) is 10.7. The van der Waals surface area contributed by atoms with Gasteiger partial charge in [-0.25, -0.2) is 0 Å². The first-order valence-corrected chi connectivity index (χ1v) is 6.78. The van der Waals surface area contributed by atoms with Gasteiger partial charge in [0.05, 0.1) is 10.1 Å². The van der Waals surface area contributed by atoms with Crippen LogP contribution in [0.15, 0.2) is 41.5 Å². The van der Waals surface area contributed by atoms with Crippen LogP contribution in [0.1, 0.15) is 20.7 Å². The van der Waals surface area contributed by atoms with Crippen molar-refractivity contribution in [1.82, 2.24) is 0 Å². The minimum Gasteiger partial charge on any atom is -0.399 e. The lowest BCUT2D eigenvalue weighted by Gasteiger charge is -2.22. The minimum atomic E-state index is -0.500. The van der Waals surface area contributed by atoms with Gasteiger partial charge in [-0.3, -0.25) is 9.59 Å². The number of benzene rings is 1. The van der Waals surface area contributed by atoms with Crippen LogP contribution in [0.4, 0.5) is 5.69 Å². The molecule has 4 N–H and O–H groups in total. The van der Waals surface area contributed by atoms with E-state index in [1.165, 1.54) is 11.8 Å². The number of ketones is 2. The third-order valence-electron chi connectivity index (χ3n) is 3.76. The molecule has 0 radical (unpaired) electrons. The fourth-order valence-corrected chi connectivity index (χ4v) is 3.74. The summed E-state index contributed by atoms with van der Waals surface area (Å²) in [4.78, 5) is 24.5. The fourth-order valence-electron chi connectivity index (χ4n) is 2.70.